The van der Waals surface area contributed by atoms with Crippen molar-refractivity contribution in [2.75, 3.05) is 29.4 Å². The van der Waals surface area contributed by atoms with Crippen LogP contribution in [0.15, 0.2) is 6.07 Å². The maximum Gasteiger partial charge on any atom is 0.242 e. The van der Waals surface area contributed by atoms with E-state index in [0.29, 0.717) is 18.7 Å². The smallest absolute Gasteiger partial charge is 0.242 e. The number of ether oxygens (including phenoxy) is 1. The Morgan fingerprint density at radius 3 is 2.35 bits per heavy atom. The molecule has 2 saturated heterocycles. The van der Waals surface area contributed by atoms with Crippen LogP contribution in [0, 0.1) is 28.9 Å². The van der Waals surface area contributed by atoms with Gasteiger partial charge in [0.2, 0.25) is 11.8 Å². The molecule has 1 aliphatic carbocycles. The third-order valence-electron chi connectivity index (χ3n) is 8.11. The van der Waals surface area contributed by atoms with Gasteiger partial charge in [-0.05, 0) is 50.7 Å². The van der Waals surface area contributed by atoms with E-state index in [0.717, 1.165) is 0 Å². The van der Waals surface area contributed by atoms with Gasteiger partial charge in [-0.15, -0.1) is 0 Å². The lowest BCUT2D eigenvalue weighted by Crippen LogP contribution is -2.70. The first-order valence-corrected chi connectivity index (χ1v) is 11.7. The van der Waals surface area contributed by atoms with Crippen molar-refractivity contribution in [3.8, 4) is 0 Å². The number of halogens is 2. The van der Waals surface area contributed by atoms with Crippen LogP contribution in [-0.4, -0.2) is 61.5 Å². The maximum atomic E-state index is 15.7. The highest BCUT2D eigenvalue weighted by Gasteiger charge is 2.60. The van der Waals surface area contributed by atoms with E-state index in [1.807, 2.05) is 0 Å². The zero-order valence-electron chi connectivity index (χ0n) is 19.7. The molecule has 1 unspecified atom stereocenters. The molecule has 3 fully saturated rings. The quantitative estimate of drug-likeness (QED) is 0.631. The van der Waals surface area contributed by atoms with E-state index in [-0.39, 0.29) is 48.3 Å². The average molecular weight is 477 g/mol. The second kappa shape index (κ2) is 7.71. The fraction of sp³-hybridized carbons (Fsp3) is 0.625. The lowest BCUT2D eigenvalue weighted by molar-refractivity contribution is -0.151. The number of anilines is 2. The van der Waals surface area contributed by atoms with Gasteiger partial charge in [0.25, 0.3) is 0 Å². The van der Waals surface area contributed by atoms with Crippen molar-refractivity contribution in [2.24, 2.45) is 23.0 Å². The first-order chi connectivity index (χ1) is 16.0. The first kappa shape index (κ1) is 23.2. The van der Waals surface area contributed by atoms with Gasteiger partial charge in [-0.1, -0.05) is 0 Å². The summed E-state index contributed by atoms with van der Waals surface area (Å²) in [6, 6.07) is 0.758. The number of hydrogen-bond donors (Lipinski definition) is 2. The van der Waals surface area contributed by atoms with Crippen LogP contribution in [0.2, 0.25) is 0 Å². The summed E-state index contributed by atoms with van der Waals surface area (Å²) in [6.45, 7) is 7.25. The second-order valence-electron chi connectivity index (χ2n) is 10.3. The van der Waals surface area contributed by atoms with Crippen molar-refractivity contribution in [1.29, 1.82) is 0 Å². The van der Waals surface area contributed by atoms with Crippen molar-refractivity contribution in [3.63, 3.8) is 0 Å². The summed E-state index contributed by atoms with van der Waals surface area (Å²) in [4.78, 5) is 41.7. The van der Waals surface area contributed by atoms with Crippen LogP contribution < -0.4 is 20.9 Å². The molecular weight excluding hydrogens is 446 g/mol. The van der Waals surface area contributed by atoms with E-state index >= 15 is 8.78 Å². The predicted molar refractivity (Wildman–Crippen MR) is 120 cm³/mol. The van der Waals surface area contributed by atoms with Gasteiger partial charge in [-0.25, -0.2) is 8.78 Å². The third kappa shape index (κ3) is 3.18. The number of fused-ring (bicyclic) bond motifs is 4. The Bertz CT molecular complexity index is 1090. The number of Topliss-reactive ketones (excluding diaryl/α,β-unsaturated/α-hetero) is 1. The van der Waals surface area contributed by atoms with Crippen LogP contribution in [0.1, 0.15) is 33.3 Å². The van der Waals surface area contributed by atoms with Gasteiger partial charge in [0.05, 0.1) is 29.6 Å². The summed E-state index contributed by atoms with van der Waals surface area (Å²) < 4.78 is 37.1. The SMILES string of the molecule is CC(=O)NC(=O)[C@]1(C(C)=O)Cc2cc(N3C[C@@H]4C(N)[C@@H]4C3)c(F)c(F)c2N2C[C@@H](C)O[C@@H](C)[C@@H]21. The van der Waals surface area contributed by atoms with E-state index in [1.54, 1.807) is 29.7 Å². The summed E-state index contributed by atoms with van der Waals surface area (Å²) >= 11 is 0. The number of nitrogens with one attached hydrogen (secondary N) is 1. The molecule has 5 rings (SSSR count). The van der Waals surface area contributed by atoms with Gasteiger partial charge in [-0.2, -0.15) is 0 Å². The summed E-state index contributed by atoms with van der Waals surface area (Å²) in [7, 11) is 0. The van der Waals surface area contributed by atoms with E-state index < -0.39 is 46.8 Å². The standard InChI is InChI=1S/C24H30F2N4O4/c1-10-7-30-21-14(5-17(18(25)19(21)26)29-8-15-16(9-29)20(15)27)6-24(12(3)31,22(30)11(2)34-10)23(33)28-13(4)32/h5,10-11,15-16,20,22H,6-9,27H2,1-4H3,(H,28,32,33)/t10-,11+,15-,16+,20?,22-,24+/m1/s1. The number of benzene rings is 1. The molecular formula is C24H30F2N4O4. The van der Waals surface area contributed by atoms with Crippen LogP contribution in [0.25, 0.3) is 0 Å². The lowest BCUT2D eigenvalue weighted by atomic mass is 9.65. The molecule has 184 valence electrons. The van der Waals surface area contributed by atoms with Crippen molar-refractivity contribution < 1.29 is 27.9 Å². The van der Waals surface area contributed by atoms with Crippen molar-refractivity contribution in [1.82, 2.24) is 5.32 Å². The predicted octanol–water partition coefficient (Wildman–Crippen LogP) is 1.13. The highest BCUT2D eigenvalue weighted by Crippen LogP contribution is 2.51. The molecule has 2 amide bonds. The summed E-state index contributed by atoms with van der Waals surface area (Å²) in [5.41, 5.74) is 4.85. The number of hydrogen-bond acceptors (Lipinski definition) is 7. The highest BCUT2D eigenvalue weighted by molar-refractivity contribution is 6.12. The van der Waals surface area contributed by atoms with Crippen LogP contribution in [0.3, 0.4) is 0 Å². The normalized spacial score (nSPS) is 35.9. The zero-order chi connectivity index (χ0) is 24.7. The molecule has 3 heterocycles. The van der Waals surface area contributed by atoms with E-state index in [2.05, 4.69) is 5.32 Å². The number of carbonyl (C=O) groups excluding carboxylic acids is 3. The Balaban J connectivity index is 1.66. The molecule has 10 heteroatoms. The number of amides is 2. The van der Waals surface area contributed by atoms with Crippen LogP contribution in [-0.2, 0) is 25.5 Å². The van der Waals surface area contributed by atoms with Gasteiger partial charge < -0.3 is 20.3 Å². The third-order valence-corrected chi connectivity index (χ3v) is 8.11. The number of nitrogens with two attached hydrogens (primary N) is 1. The van der Waals surface area contributed by atoms with Gasteiger partial charge >= 0.3 is 0 Å². The Labute approximate surface area is 196 Å². The molecule has 3 N–H and O–H groups in total. The van der Waals surface area contributed by atoms with Crippen LogP contribution in [0.4, 0.5) is 20.2 Å². The second-order valence-corrected chi connectivity index (χ2v) is 10.3. The molecule has 4 aliphatic rings. The molecule has 0 bridgehead atoms. The Morgan fingerprint density at radius 1 is 1.12 bits per heavy atom. The number of rotatable bonds is 3. The molecule has 1 saturated carbocycles. The molecule has 0 spiro atoms. The summed E-state index contributed by atoms with van der Waals surface area (Å²) in [5, 5.41) is 2.27. The zero-order valence-corrected chi connectivity index (χ0v) is 19.7. The van der Waals surface area contributed by atoms with E-state index in [1.165, 1.54) is 13.8 Å². The van der Waals surface area contributed by atoms with Gasteiger partial charge in [0, 0.05) is 32.6 Å². The number of imide groups is 1. The van der Waals surface area contributed by atoms with Crippen molar-refractivity contribution >= 4 is 29.0 Å². The maximum absolute atomic E-state index is 15.7. The summed E-state index contributed by atoms with van der Waals surface area (Å²) in [5.74, 6) is -3.22. The average Bonchev–Trinajstić information content (AvgIpc) is 3.14. The highest BCUT2D eigenvalue weighted by atomic mass is 19.2. The molecule has 7 atom stereocenters. The minimum absolute atomic E-state index is 0.0572. The fourth-order valence-corrected chi connectivity index (χ4v) is 6.51. The number of piperidine rings is 1. The van der Waals surface area contributed by atoms with Crippen LogP contribution >= 0.6 is 0 Å². The monoisotopic (exact) mass is 476 g/mol. The van der Waals surface area contributed by atoms with Crippen molar-refractivity contribution in [3.05, 3.63) is 23.3 Å². The van der Waals surface area contributed by atoms with E-state index in [4.69, 9.17) is 10.5 Å². The lowest BCUT2D eigenvalue weighted by Gasteiger charge is -2.54. The summed E-state index contributed by atoms with van der Waals surface area (Å²) in [6.07, 6.45) is -1.15. The molecule has 1 aromatic carbocycles. The number of carbonyl (C=O) groups is 3. The minimum atomic E-state index is -1.70. The van der Waals surface area contributed by atoms with E-state index in [9.17, 15) is 14.4 Å². The first-order valence-electron chi connectivity index (χ1n) is 11.7. The Hall–Kier alpha value is -2.59. The molecule has 0 aromatic heterocycles. The van der Waals surface area contributed by atoms with Gasteiger partial charge in [-0.3, -0.25) is 19.7 Å². The van der Waals surface area contributed by atoms with Crippen LogP contribution in [0.5, 0.6) is 0 Å². The molecule has 3 aliphatic heterocycles. The van der Waals surface area contributed by atoms with Gasteiger partial charge in [0.1, 0.15) is 11.2 Å². The Morgan fingerprint density at radius 2 is 1.76 bits per heavy atom. The minimum Gasteiger partial charge on any atom is -0.372 e. The fourth-order valence-electron chi connectivity index (χ4n) is 6.51. The number of morpholine rings is 1. The largest absolute Gasteiger partial charge is 0.372 e. The van der Waals surface area contributed by atoms with Crippen molar-refractivity contribution in [2.45, 2.75) is 58.4 Å². The molecule has 34 heavy (non-hydrogen) atoms. The number of nitrogens with zero attached hydrogens (tertiary/aromatic N) is 2. The molecule has 8 nitrogen and oxygen atoms in total. The Kier molecular flexibility index (Phi) is 5.25. The molecule has 0 radical (unpaired) electrons. The van der Waals surface area contributed by atoms with Gasteiger partial charge in [0.15, 0.2) is 11.6 Å². The number of ketones is 1. The molecule has 1 aromatic rings. The topological polar surface area (TPSA) is 105 Å².